The summed E-state index contributed by atoms with van der Waals surface area (Å²) in [5.41, 5.74) is -0.161. The fraction of sp³-hybridized carbons (Fsp3) is 0.654. The molecule has 1 heterocycles. The van der Waals surface area contributed by atoms with Gasteiger partial charge in [0.2, 0.25) is 0 Å². The highest BCUT2D eigenvalue weighted by molar-refractivity contribution is 5.68. The van der Waals surface area contributed by atoms with Gasteiger partial charge in [0.15, 0.2) is 0 Å². The minimum Gasteiger partial charge on any atom is -0.469 e. The topological polar surface area (TPSA) is 76.0 Å². The van der Waals surface area contributed by atoms with Crippen LogP contribution in [0.4, 0.5) is 13.2 Å². The second kappa shape index (κ2) is 12.2. The first-order valence-electron chi connectivity index (χ1n) is 12.1. The maximum atomic E-state index is 12.9. The number of rotatable bonds is 9. The van der Waals surface area contributed by atoms with Crippen molar-refractivity contribution in [2.75, 3.05) is 13.7 Å². The van der Waals surface area contributed by atoms with Crippen molar-refractivity contribution in [1.82, 2.24) is 0 Å². The summed E-state index contributed by atoms with van der Waals surface area (Å²) in [5, 5.41) is 20.9. The van der Waals surface area contributed by atoms with Gasteiger partial charge in [-0.1, -0.05) is 30.4 Å². The highest BCUT2D eigenvalue weighted by Gasteiger charge is 2.43. The zero-order valence-electron chi connectivity index (χ0n) is 19.5. The predicted octanol–water partition coefficient (Wildman–Crippen LogP) is 4.69. The quantitative estimate of drug-likeness (QED) is 0.393. The standard InChI is InChI=1S/C26H35F3O5/c1-33-25(32)7-3-5-18-9-12-22-21(23(31)15-24(22)34-16-18)13-11-20(30)10-8-17-4-2-6-19(14-17)26(27,28)29/h2,4,6,11,13-14,18,20-24,30-31H,3,5,7-10,12,15-16H2,1H3/b13-11+/t18-,20-,21+,22+,23+,24-/m0/s1. The summed E-state index contributed by atoms with van der Waals surface area (Å²) in [6.45, 7) is 0.616. The van der Waals surface area contributed by atoms with E-state index in [0.717, 1.165) is 37.8 Å². The first kappa shape index (κ1) is 26.7. The van der Waals surface area contributed by atoms with Crippen molar-refractivity contribution in [2.45, 2.75) is 75.9 Å². The second-order valence-electron chi connectivity index (χ2n) is 9.52. The van der Waals surface area contributed by atoms with Gasteiger partial charge in [-0.25, -0.2) is 0 Å². The van der Waals surface area contributed by atoms with Gasteiger partial charge >= 0.3 is 12.1 Å². The van der Waals surface area contributed by atoms with Crippen molar-refractivity contribution in [3.8, 4) is 0 Å². The van der Waals surface area contributed by atoms with E-state index < -0.39 is 23.9 Å². The number of carbonyl (C=O) groups is 1. The molecular weight excluding hydrogens is 449 g/mol. The lowest BCUT2D eigenvalue weighted by molar-refractivity contribution is -0.141. The number of fused-ring (bicyclic) bond motifs is 1. The molecule has 0 aromatic heterocycles. The van der Waals surface area contributed by atoms with Crippen molar-refractivity contribution >= 4 is 5.97 Å². The van der Waals surface area contributed by atoms with Crippen LogP contribution in [0.25, 0.3) is 0 Å². The number of carbonyl (C=O) groups excluding carboxylic acids is 1. The molecule has 0 amide bonds. The van der Waals surface area contributed by atoms with Crippen LogP contribution in [0.2, 0.25) is 0 Å². The van der Waals surface area contributed by atoms with Crippen molar-refractivity contribution in [2.24, 2.45) is 17.8 Å². The van der Waals surface area contributed by atoms with E-state index in [9.17, 15) is 28.2 Å². The maximum absolute atomic E-state index is 12.9. The number of aryl methyl sites for hydroxylation is 1. The zero-order chi connectivity index (χ0) is 24.7. The number of halogens is 3. The molecule has 0 unspecified atom stereocenters. The first-order chi connectivity index (χ1) is 16.2. The Labute approximate surface area is 199 Å². The van der Waals surface area contributed by atoms with E-state index in [1.807, 2.05) is 6.08 Å². The summed E-state index contributed by atoms with van der Waals surface area (Å²) < 4.78 is 49.4. The normalized spacial score (nSPS) is 28.5. The minimum atomic E-state index is -4.38. The van der Waals surface area contributed by atoms with Crippen LogP contribution in [0.3, 0.4) is 0 Å². The number of alkyl halides is 3. The molecule has 1 aliphatic carbocycles. The Kier molecular flexibility index (Phi) is 9.56. The molecule has 0 spiro atoms. The third-order valence-electron chi connectivity index (χ3n) is 7.10. The maximum Gasteiger partial charge on any atom is 0.416 e. The third-order valence-corrected chi connectivity index (χ3v) is 7.10. The van der Waals surface area contributed by atoms with E-state index in [4.69, 9.17) is 4.74 Å². The van der Waals surface area contributed by atoms with Crippen molar-refractivity contribution in [3.05, 3.63) is 47.5 Å². The first-order valence-corrected chi connectivity index (χ1v) is 12.1. The molecule has 0 bridgehead atoms. The van der Waals surface area contributed by atoms with Gasteiger partial charge in [-0.3, -0.25) is 4.79 Å². The number of hydrogen-bond donors (Lipinski definition) is 2. The Balaban J connectivity index is 1.49. The Morgan fingerprint density at radius 2 is 2.12 bits per heavy atom. The number of methoxy groups -OCH3 is 1. The van der Waals surface area contributed by atoms with E-state index in [-0.39, 0.29) is 23.9 Å². The zero-order valence-corrected chi connectivity index (χ0v) is 19.5. The Morgan fingerprint density at radius 1 is 1.32 bits per heavy atom. The summed E-state index contributed by atoms with van der Waals surface area (Å²) >= 11 is 0. The van der Waals surface area contributed by atoms with E-state index in [0.29, 0.717) is 43.8 Å². The number of hydrogen-bond acceptors (Lipinski definition) is 5. The van der Waals surface area contributed by atoms with E-state index in [1.54, 1.807) is 12.1 Å². The number of aliphatic hydroxyl groups is 2. The van der Waals surface area contributed by atoms with Gasteiger partial charge in [0.05, 0.1) is 31.0 Å². The van der Waals surface area contributed by atoms with E-state index >= 15 is 0 Å². The van der Waals surface area contributed by atoms with Gasteiger partial charge in [-0.05, 0) is 62.0 Å². The molecule has 2 aliphatic rings. The van der Waals surface area contributed by atoms with E-state index in [2.05, 4.69) is 4.74 Å². The molecule has 1 aromatic rings. The molecular formula is C26H35F3O5. The summed E-state index contributed by atoms with van der Waals surface area (Å²) in [6.07, 6.45) is 2.84. The van der Waals surface area contributed by atoms with Gasteiger partial charge in [0.25, 0.3) is 0 Å². The molecule has 1 saturated heterocycles. The summed E-state index contributed by atoms with van der Waals surface area (Å²) in [4.78, 5) is 11.3. The summed E-state index contributed by atoms with van der Waals surface area (Å²) in [6, 6.07) is 5.16. The molecule has 8 heteroatoms. The fourth-order valence-corrected chi connectivity index (χ4v) is 5.15. The molecule has 2 N–H and O–H groups in total. The largest absolute Gasteiger partial charge is 0.469 e. The van der Waals surface area contributed by atoms with Crippen LogP contribution in [0.15, 0.2) is 36.4 Å². The predicted molar refractivity (Wildman–Crippen MR) is 121 cm³/mol. The third kappa shape index (κ3) is 7.55. The van der Waals surface area contributed by atoms with Crippen LogP contribution in [0, 0.1) is 17.8 Å². The molecule has 2 fully saturated rings. The van der Waals surface area contributed by atoms with Crippen LogP contribution in [-0.2, 0) is 26.9 Å². The molecule has 0 radical (unpaired) electrons. The van der Waals surface area contributed by atoms with Crippen LogP contribution >= 0.6 is 0 Å². The Bertz CT molecular complexity index is 825. The lowest BCUT2D eigenvalue weighted by Crippen LogP contribution is -2.21. The fourth-order valence-electron chi connectivity index (χ4n) is 5.15. The van der Waals surface area contributed by atoms with Gasteiger partial charge in [-0.15, -0.1) is 0 Å². The summed E-state index contributed by atoms with van der Waals surface area (Å²) in [7, 11) is 1.39. The average Bonchev–Trinajstić information content (AvgIpc) is 2.97. The van der Waals surface area contributed by atoms with Crippen LogP contribution in [0.5, 0.6) is 0 Å². The second-order valence-corrected chi connectivity index (χ2v) is 9.52. The minimum absolute atomic E-state index is 0.0301. The molecule has 1 saturated carbocycles. The molecule has 1 aliphatic heterocycles. The average molecular weight is 485 g/mol. The lowest BCUT2D eigenvalue weighted by atomic mass is 9.86. The van der Waals surface area contributed by atoms with Gasteiger partial charge < -0.3 is 19.7 Å². The molecule has 1 aromatic carbocycles. The molecule has 34 heavy (non-hydrogen) atoms. The van der Waals surface area contributed by atoms with Crippen LogP contribution < -0.4 is 0 Å². The van der Waals surface area contributed by atoms with Crippen molar-refractivity contribution in [1.29, 1.82) is 0 Å². The molecule has 190 valence electrons. The molecule has 6 atom stereocenters. The monoisotopic (exact) mass is 484 g/mol. The number of esters is 1. The van der Waals surface area contributed by atoms with Gasteiger partial charge in [0.1, 0.15) is 0 Å². The Morgan fingerprint density at radius 3 is 2.85 bits per heavy atom. The molecule has 3 rings (SSSR count). The molecule has 5 nitrogen and oxygen atoms in total. The smallest absolute Gasteiger partial charge is 0.416 e. The highest BCUT2D eigenvalue weighted by atomic mass is 19.4. The van der Waals surface area contributed by atoms with Crippen LogP contribution in [-0.4, -0.2) is 48.2 Å². The number of ether oxygens (including phenoxy) is 2. The Hall–Kier alpha value is -1.90. The van der Waals surface area contributed by atoms with E-state index in [1.165, 1.54) is 13.2 Å². The lowest BCUT2D eigenvalue weighted by Gasteiger charge is -2.21. The van der Waals surface area contributed by atoms with Gasteiger partial charge in [0, 0.05) is 25.4 Å². The summed E-state index contributed by atoms with van der Waals surface area (Å²) in [5.74, 6) is 0.205. The highest BCUT2D eigenvalue weighted by Crippen LogP contribution is 2.42. The number of benzene rings is 1. The van der Waals surface area contributed by atoms with Crippen LogP contribution in [0.1, 0.15) is 56.1 Å². The van der Waals surface area contributed by atoms with Crippen molar-refractivity contribution < 1.29 is 37.7 Å². The van der Waals surface area contributed by atoms with Crippen molar-refractivity contribution in [3.63, 3.8) is 0 Å². The van der Waals surface area contributed by atoms with Gasteiger partial charge in [-0.2, -0.15) is 13.2 Å². The number of aliphatic hydroxyl groups excluding tert-OH is 2. The SMILES string of the molecule is COC(=O)CCC[C@H]1CC[C@@H]2[C@@H](/C=C/[C@@H](O)CCc3cccc(C(F)(F)F)c3)[C@H](O)C[C@@H]2OC1.